The van der Waals surface area contributed by atoms with Gasteiger partial charge in [-0.3, -0.25) is 15.4 Å². The summed E-state index contributed by atoms with van der Waals surface area (Å²) in [7, 11) is 0. The van der Waals surface area contributed by atoms with Crippen LogP contribution in [0.15, 0.2) is 41.8 Å². The van der Waals surface area contributed by atoms with Crippen LogP contribution in [0.3, 0.4) is 0 Å². The zero-order valence-corrected chi connectivity index (χ0v) is 10.6. The summed E-state index contributed by atoms with van der Waals surface area (Å²) >= 11 is 0.945. The molecule has 0 radical (unpaired) electrons. The van der Waals surface area contributed by atoms with Gasteiger partial charge in [-0.2, -0.15) is 0 Å². The average molecular weight is 278 g/mol. The van der Waals surface area contributed by atoms with E-state index in [0.29, 0.717) is 0 Å². The molecule has 19 heavy (non-hydrogen) atoms. The molecular weight excluding hydrogens is 268 g/mol. The Morgan fingerprint density at radius 1 is 1.32 bits per heavy atom. The highest BCUT2D eigenvalue weighted by Crippen LogP contribution is 2.30. The summed E-state index contributed by atoms with van der Waals surface area (Å²) in [4.78, 5) is 21.6. The predicted octanol–water partition coefficient (Wildman–Crippen LogP) is 3.41. The van der Waals surface area contributed by atoms with Gasteiger partial charge in [-0.1, -0.05) is 41.7 Å². The second kappa shape index (κ2) is 5.96. The molecule has 2 aromatic rings. The van der Waals surface area contributed by atoms with Crippen LogP contribution in [0.4, 0.5) is 15.5 Å². The van der Waals surface area contributed by atoms with Gasteiger partial charge in [-0.15, -0.1) is 0 Å². The third-order valence-corrected chi connectivity index (χ3v) is 3.12. The molecule has 0 unspecified atom stereocenters. The van der Waals surface area contributed by atoms with Crippen molar-refractivity contribution in [1.82, 2.24) is 0 Å². The molecule has 1 aromatic carbocycles. The van der Waals surface area contributed by atoms with E-state index in [1.54, 1.807) is 0 Å². The first-order valence-corrected chi connectivity index (χ1v) is 6.24. The highest BCUT2D eigenvalue weighted by Gasteiger charge is 2.17. The number of anilines is 1. The first-order valence-electron chi connectivity index (χ1n) is 5.36. The number of benzene rings is 1. The van der Waals surface area contributed by atoms with Crippen LogP contribution in [0.5, 0.6) is 0 Å². The van der Waals surface area contributed by atoms with Crippen LogP contribution >= 0.6 is 11.3 Å². The van der Waals surface area contributed by atoms with E-state index >= 15 is 0 Å². The Balaban J connectivity index is 1.91. The number of amides is 1. The van der Waals surface area contributed by atoms with Crippen molar-refractivity contribution >= 4 is 28.1 Å². The van der Waals surface area contributed by atoms with Crippen LogP contribution in [-0.4, -0.2) is 11.0 Å². The van der Waals surface area contributed by atoms with E-state index in [9.17, 15) is 14.9 Å². The summed E-state index contributed by atoms with van der Waals surface area (Å²) in [6.07, 6.45) is -0.717. The maximum atomic E-state index is 11.5. The molecule has 0 aliphatic carbocycles. The number of thiophene rings is 1. The number of hydrogen-bond acceptors (Lipinski definition) is 5. The fourth-order valence-electron chi connectivity index (χ4n) is 1.41. The number of ether oxygens (including phenoxy) is 1. The first-order chi connectivity index (χ1) is 9.16. The van der Waals surface area contributed by atoms with Gasteiger partial charge in [0.2, 0.25) is 0 Å². The van der Waals surface area contributed by atoms with E-state index < -0.39 is 11.0 Å². The normalized spacial score (nSPS) is 9.89. The van der Waals surface area contributed by atoms with Crippen LogP contribution in [0.25, 0.3) is 0 Å². The van der Waals surface area contributed by atoms with Crippen molar-refractivity contribution < 1.29 is 14.5 Å². The Labute approximate surface area is 112 Å². The van der Waals surface area contributed by atoms with Crippen LogP contribution in [0.2, 0.25) is 0 Å². The monoisotopic (exact) mass is 278 g/mol. The van der Waals surface area contributed by atoms with Gasteiger partial charge in [0.15, 0.2) is 0 Å². The Kier molecular flexibility index (Phi) is 4.09. The number of carbonyl (C=O) groups is 1. The molecule has 0 atom stereocenters. The molecule has 1 N–H and O–H groups in total. The minimum atomic E-state index is -0.717. The van der Waals surface area contributed by atoms with Crippen molar-refractivity contribution in [3.8, 4) is 0 Å². The number of nitro groups is 1. The molecular formula is C12H10N2O4S. The summed E-state index contributed by atoms with van der Waals surface area (Å²) in [5.41, 5.74) is 0.991. The van der Waals surface area contributed by atoms with E-state index in [0.717, 1.165) is 16.9 Å². The maximum Gasteiger partial charge on any atom is 0.412 e. The lowest BCUT2D eigenvalue weighted by molar-refractivity contribution is -0.379. The van der Waals surface area contributed by atoms with Crippen molar-refractivity contribution in [3.05, 3.63) is 57.5 Å². The second-order valence-electron chi connectivity index (χ2n) is 3.58. The van der Waals surface area contributed by atoms with E-state index in [4.69, 9.17) is 4.74 Å². The Morgan fingerprint density at radius 3 is 2.74 bits per heavy atom. The summed E-state index contributed by atoms with van der Waals surface area (Å²) in [6, 6.07) is 10.6. The number of rotatable bonds is 4. The molecule has 1 heterocycles. The van der Waals surface area contributed by atoms with Gasteiger partial charge in [0.1, 0.15) is 12.3 Å². The fourth-order valence-corrected chi connectivity index (χ4v) is 2.07. The molecule has 0 aliphatic heterocycles. The Hall–Kier alpha value is -2.41. The lowest BCUT2D eigenvalue weighted by Gasteiger charge is -2.05. The Morgan fingerprint density at radius 2 is 2.05 bits per heavy atom. The minimum Gasteiger partial charge on any atom is -0.444 e. The molecule has 0 bridgehead atoms. The largest absolute Gasteiger partial charge is 0.444 e. The fraction of sp³-hybridized carbons (Fsp3) is 0.0833. The van der Waals surface area contributed by atoms with Gasteiger partial charge in [0.05, 0.1) is 4.92 Å². The van der Waals surface area contributed by atoms with Crippen molar-refractivity contribution in [2.45, 2.75) is 6.61 Å². The topological polar surface area (TPSA) is 81.5 Å². The van der Waals surface area contributed by atoms with Crippen LogP contribution < -0.4 is 5.32 Å². The molecule has 0 fully saturated rings. The summed E-state index contributed by atoms with van der Waals surface area (Å²) in [5.74, 6) is 0. The van der Waals surface area contributed by atoms with Crippen molar-refractivity contribution in [2.75, 3.05) is 5.32 Å². The highest BCUT2D eigenvalue weighted by atomic mass is 32.1. The molecule has 0 saturated heterocycles. The standard InChI is InChI=1S/C12H10N2O4S/c15-12(18-8-9-4-2-1-3-5-9)13-10-6-7-19-11(10)14(16)17/h1-7H,8H2,(H,13,15). The minimum absolute atomic E-state index is 0.114. The molecule has 1 amide bonds. The number of nitrogens with one attached hydrogen (secondary N) is 1. The number of hydrogen-bond donors (Lipinski definition) is 1. The van der Waals surface area contributed by atoms with Crippen molar-refractivity contribution in [2.24, 2.45) is 0 Å². The van der Waals surface area contributed by atoms with E-state index in [1.165, 1.54) is 11.4 Å². The van der Waals surface area contributed by atoms with Crippen LogP contribution in [0, 0.1) is 10.1 Å². The summed E-state index contributed by atoms with van der Waals surface area (Å²) < 4.78 is 4.97. The number of carbonyl (C=O) groups excluding carboxylic acids is 1. The molecule has 6 nitrogen and oxygen atoms in total. The quantitative estimate of drug-likeness (QED) is 0.686. The average Bonchev–Trinajstić information content (AvgIpc) is 2.86. The molecule has 7 heteroatoms. The zero-order valence-electron chi connectivity index (χ0n) is 9.74. The van der Waals surface area contributed by atoms with Crippen molar-refractivity contribution in [3.63, 3.8) is 0 Å². The highest BCUT2D eigenvalue weighted by molar-refractivity contribution is 7.14. The van der Waals surface area contributed by atoms with Crippen LogP contribution in [0.1, 0.15) is 5.56 Å². The third kappa shape index (κ3) is 3.52. The van der Waals surface area contributed by atoms with E-state index in [-0.39, 0.29) is 17.3 Å². The van der Waals surface area contributed by atoms with E-state index in [2.05, 4.69) is 5.32 Å². The third-order valence-electron chi connectivity index (χ3n) is 2.26. The van der Waals surface area contributed by atoms with Gasteiger partial charge in [-0.25, -0.2) is 4.79 Å². The molecule has 2 rings (SSSR count). The predicted molar refractivity (Wildman–Crippen MR) is 71.2 cm³/mol. The second-order valence-corrected chi connectivity index (χ2v) is 4.48. The summed E-state index contributed by atoms with van der Waals surface area (Å²) in [5, 5.41) is 14.4. The van der Waals surface area contributed by atoms with Gasteiger partial charge >= 0.3 is 11.1 Å². The first kappa shape index (κ1) is 13.0. The van der Waals surface area contributed by atoms with E-state index in [1.807, 2.05) is 30.3 Å². The lowest BCUT2D eigenvalue weighted by atomic mass is 10.2. The molecule has 98 valence electrons. The maximum absolute atomic E-state index is 11.5. The molecule has 0 spiro atoms. The smallest absolute Gasteiger partial charge is 0.412 e. The van der Waals surface area contributed by atoms with Crippen LogP contribution in [-0.2, 0) is 11.3 Å². The van der Waals surface area contributed by atoms with Crippen molar-refractivity contribution in [1.29, 1.82) is 0 Å². The SMILES string of the molecule is O=C(Nc1ccsc1[N+](=O)[O-])OCc1ccccc1. The van der Waals surface area contributed by atoms with Gasteiger partial charge in [0, 0.05) is 0 Å². The molecule has 1 aromatic heterocycles. The lowest BCUT2D eigenvalue weighted by Crippen LogP contribution is -2.13. The number of nitrogens with zero attached hydrogens (tertiary/aromatic N) is 1. The molecule has 0 saturated carbocycles. The zero-order chi connectivity index (χ0) is 13.7. The van der Waals surface area contributed by atoms with Gasteiger partial charge < -0.3 is 4.74 Å². The molecule has 0 aliphatic rings. The van der Waals surface area contributed by atoms with Gasteiger partial charge in [-0.05, 0) is 17.0 Å². The van der Waals surface area contributed by atoms with Gasteiger partial charge in [0.25, 0.3) is 0 Å². The summed E-state index contributed by atoms with van der Waals surface area (Å²) in [6.45, 7) is 0.116. The Bertz CT molecular complexity index is 582.